The third kappa shape index (κ3) is 6.28. The fourth-order valence-electron chi connectivity index (χ4n) is 3.67. The third-order valence-corrected chi connectivity index (χ3v) is 5.21. The predicted octanol–water partition coefficient (Wildman–Crippen LogP) is 4.84. The second kappa shape index (κ2) is 8.89. The molecular formula is C24H34N4O4. The molecule has 1 aliphatic carbocycles. The number of benzene rings is 1. The average molecular weight is 443 g/mol. The molecule has 1 heterocycles. The van der Waals surface area contributed by atoms with Gasteiger partial charge in [-0.25, -0.2) is 9.59 Å². The normalized spacial score (nSPS) is 16.9. The lowest BCUT2D eigenvalue weighted by Gasteiger charge is -2.37. The number of carbonyl (C=O) groups is 2. The van der Waals surface area contributed by atoms with E-state index < -0.39 is 17.3 Å². The molecule has 1 saturated carbocycles. The van der Waals surface area contributed by atoms with Gasteiger partial charge < -0.3 is 19.3 Å². The molecule has 174 valence electrons. The number of rotatable bonds is 3. The lowest BCUT2D eigenvalue weighted by molar-refractivity contribution is 0.0240. The molecule has 3 rings (SSSR count). The minimum atomic E-state index is -0.602. The van der Waals surface area contributed by atoms with E-state index in [0.717, 1.165) is 24.1 Å². The summed E-state index contributed by atoms with van der Waals surface area (Å²) in [6.07, 6.45) is 1.27. The Morgan fingerprint density at radius 1 is 1.00 bits per heavy atom. The zero-order valence-electron chi connectivity index (χ0n) is 19.9. The number of nitrogens with zero attached hydrogens (tertiary/aromatic N) is 3. The summed E-state index contributed by atoms with van der Waals surface area (Å²) in [5.74, 6) is 0.370. The first kappa shape index (κ1) is 23.7. The summed E-state index contributed by atoms with van der Waals surface area (Å²) in [4.78, 5) is 28.5. The van der Waals surface area contributed by atoms with Crippen molar-refractivity contribution in [2.45, 2.75) is 71.5 Å². The summed E-state index contributed by atoms with van der Waals surface area (Å²) < 4.78 is 10.9. The highest BCUT2D eigenvalue weighted by atomic mass is 16.6. The maximum atomic E-state index is 12.4. The van der Waals surface area contributed by atoms with Gasteiger partial charge in [0, 0.05) is 31.9 Å². The van der Waals surface area contributed by atoms with Crippen LogP contribution < -0.4 is 10.2 Å². The summed E-state index contributed by atoms with van der Waals surface area (Å²) >= 11 is 0. The molecule has 0 unspecified atom stereocenters. The topological polar surface area (TPSA) is 94.9 Å². The van der Waals surface area contributed by atoms with Crippen molar-refractivity contribution < 1.29 is 19.1 Å². The molecule has 0 atom stereocenters. The number of ether oxygens (including phenoxy) is 2. The molecular weight excluding hydrogens is 408 g/mol. The van der Waals surface area contributed by atoms with Crippen molar-refractivity contribution in [2.24, 2.45) is 0 Å². The van der Waals surface area contributed by atoms with Gasteiger partial charge in [0.25, 0.3) is 0 Å². The number of hydrogen-bond acceptors (Lipinski definition) is 6. The first-order valence-electron chi connectivity index (χ1n) is 11.2. The number of hydrogen-bond donors (Lipinski definition) is 1. The Morgan fingerprint density at radius 3 is 2.09 bits per heavy atom. The van der Waals surface area contributed by atoms with E-state index in [1.807, 2.05) is 47.6 Å². The monoisotopic (exact) mass is 442 g/mol. The van der Waals surface area contributed by atoms with Crippen LogP contribution in [0.25, 0.3) is 0 Å². The van der Waals surface area contributed by atoms with Crippen LogP contribution in [0.15, 0.2) is 12.1 Å². The number of carbonyl (C=O) groups excluding carboxylic acids is 2. The number of piperazine rings is 1. The van der Waals surface area contributed by atoms with Crippen molar-refractivity contribution >= 4 is 23.6 Å². The van der Waals surface area contributed by atoms with Crippen LogP contribution in [0.1, 0.15) is 71.4 Å². The maximum absolute atomic E-state index is 12.4. The first-order chi connectivity index (χ1) is 14.9. The Bertz CT molecular complexity index is 912. The van der Waals surface area contributed by atoms with Gasteiger partial charge in [-0.2, -0.15) is 5.26 Å². The second-order valence-electron chi connectivity index (χ2n) is 10.4. The number of amides is 2. The summed E-state index contributed by atoms with van der Waals surface area (Å²) in [6.45, 7) is 13.3. The quantitative estimate of drug-likeness (QED) is 0.720. The van der Waals surface area contributed by atoms with Gasteiger partial charge in [-0.05, 0) is 78.0 Å². The van der Waals surface area contributed by atoms with Crippen molar-refractivity contribution in [3.05, 3.63) is 23.3 Å². The molecule has 0 aromatic heterocycles. The average Bonchev–Trinajstić information content (AvgIpc) is 3.50. The van der Waals surface area contributed by atoms with E-state index >= 15 is 0 Å². The molecule has 2 fully saturated rings. The fourth-order valence-corrected chi connectivity index (χ4v) is 3.67. The van der Waals surface area contributed by atoms with Gasteiger partial charge in [0.15, 0.2) is 0 Å². The highest BCUT2D eigenvalue weighted by Gasteiger charge is 2.31. The summed E-state index contributed by atoms with van der Waals surface area (Å²) in [6, 6.07) is 6.03. The molecule has 1 aromatic carbocycles. The van der Waals surface area contributed by atoms with Crippen molar-refractivity contribution in [2.75, 3.05) is 36.4 Å². The second-order valence-corrected chi connectivity index (χ2v) is 10.4. The van der Waals surface area contributed by atoms with Crippen LogP contribution in [0.4, 0.5) is 21.0 Å². The Morgan fingerprint density at radius 2 is 1.59 bits per heavy atom. The van der Waals surface area contributed by atoms with Crippen LogP contribution in [-0.4, -0.2) is 54.5 Å². The largest absolute Gasteiger partial charge is 0.444 e. The zero-order chi connectivity index (χ0) is 23.7. The van der Waals surface area contributed by atoms with Crippen molar-refractivity contribution in [3.8, 4) is 6.07 Å². The number of nitrogens with one attached hydrogen (secondary N) is 1. The summed E-state index contributed by atoms with van der Waals surface area (Å²) in [5.41, 5.74) is 1.86. The maximum Gasteiger partial charge on any atom is 0.412 e. The molecule has 1 aliphatic heterocycles. The van der Waals surface area contributed by atoms with Gasteiger partial charge in [-0.3, -0.25) is 5.32 Å². The minimum Gasteiger partial charge on any atom is -0.444 e. The van der Waals surface area contributed by atoms with E-state index in [1.165, 1.54) is 0 Å². The van der Waals surface area contributed by atoms with Crippen LogP contribution in [0.5, 0.6) is 0 Å². The van der Waals surface area contributed by atoms with Crippen LogP contribution in [0.2, 0.25) is 0 Å². The Balaban J connectivity index is 1.77. The minimum absolute atomic E-state index is 0.312. The molecule has 1 N–H and O–H groups in total. The van der Waals surface area contributed by atoms with Gasteiger partial charge in [-0.1, -0.05) is 0 Å². The van der Waals surface area contributed by atoms with Crippen molar-refractivity contribution in [3.63, 3.8) is 0 Å². The van der Waals surface area contributed by atoms with Gasteiger partial charge in [0.2, 0.25) is 0 Å². The lowest BCUT2D eigenvalue weighted by atomic mass is 10.0. The third-order valence-electron chi connectivity index (χ3n) is 5.21. The highest BCUT2D eigenvalue weighted by Crippen LogP contribution is 2.45. The van der Waals surface area contributed by atoms with Crippen LogP contribution in [0.3, 0.4) is 0 Å². The Labute approximate surface area is 190 Å². The number of anilines is 2. The summed E-state index contributed by atoms with van der Waals surface area (Å²) in [5, 5.41) is 12.6. The van der Waals surface area contributed by atoms with E-state index in [0.29, 0.717) is 43.3 Å². The van der Waals surface area contributed by atoms with E-state index in [1.54, 1.807) is 11.0 Å². The van der Waals surface area contributed by atoms with Gasteiger partial charge in [0.05, 0.1) is 11.3 Å². The van der Waals surface area contributed by atoms with E-state index in [4.69, 9.17) is 9.47 Å². The van der Waals surface area contributed by atoms with Gasteiger partial charge in [-0.15, -0.1) is 0 Å². The molecule has 1 saturated heterocycles. The standard InChI is InChI=1S/C24H34N4O4/c1-23(2,3)31-21(29)26-19-13-17(15-25)20(14-18(19)16-7-8-16)27-9-11-28(12-10-27)22(30)32-24(4,5)6/h13-14,16H,7-12H2,1-6H3,(H,26,29). The van der Waals surface area contributed by atoms with E-state index in [9.17, 15) is 14.9 Å². The van der Waals surface area contributed by atoms with Gasteiger partial charge in [0.1, 0.15) is 17.3 Å². The van der Waals surface area contributed by atoms with E-state index in [2.05, 4.69) is 16.3 Å². The molecule has 32 heavy (non-hydrogen) atoms. The molecule has 0 radical (unpaired) electrons. The van der Waals surface area contributed by atoms with Crippen molar-refractivity contribution in [1.82, 2.24) is 4.90 Å². The van der Waals surface area contributed by atoms with E-state index in [-0.39, 0.29) is 6.09 Å². The van der Waals surface area contributed by atoms with Gasteiger partial charge >= 0.3 is 12.2 Å². The van der Waals surface area contributed by atoms with Crippen LogP contribution in [-0.2, 0) is 9.47 Å². The molecule has 0 bridgehead atoms. The number of nitriles is 1. The lowest BCUT2D eigenvalue weighted by Crippen LogP contribution is -2.50. The first-order valence-corrected chi connectivity index (χ1v) is 11.2. The molecule has 1 aromatic rings. The highest BCUT2D eigenvalue weighted by molar-refractivity contribution is 5.88. The molecule has 8 heteroatoms. The summed E-state index contributed by atoms with van der Waals surface area (Å²) in [7, 11) is 0. The zero-order valence-corrected chi connectivity index (χ0v) is 19.9. The molecule has 0 spiro atoms. The Kier molecular flexibility index (Phi) is 6.59. The van der Waals surface area contributed by atoms with Crippen LogP contribution >= 0.6 is 0 Å². The predicted molar refractivity (Wildman–Crippen MR) is 123 cm³/mol. The smallest absolute Gasteiger partial charge is 0.412 e. The SMILES string of the molecule is CC(C)(C)OC(=O)Nc1cc(C#N)c(N2CCN(C(=O)OC(C)(C)C)CC2)cc1C1CC1. The molecule has 8 nitrogen and oxygen atoms in total. The molecule has 2 aliphatic rings. The fraction of sp³-hybridized carbons (Fsp3) is 0.625. The molecule has 2 amide bonds. The van der Waals surface area contributed by atoms with Crippen LogP contribution in [0, 0.1) is 11.3 Å². The Hall–Kier alpha value is -2.95. The van der Waals surface area contributed by atoms with Crippen molar-refractivity contribution in [1.29, 1.82) is 5.26 Å².